The molecule has 0 spiro atoms. The van der Waals surface area contributed by atoms with Crippen LogP contribution in [0.15, 0.2) is 35.6 Å². The standard InChI is InChI=1S/C21H28N8O2S/c1-5-29-17(4)21(16(3)26-29)32(30,31)28-10-8-27(9-11-28)20-13-19(23-14-24-20)25-18-12-15(2)6-7-22-18/h6-7,12-14H,5,8-11H2,1-4H3,(H,22,23,24,25). The molecule has 32 heavy (non-hydrogen) atoms. The highest BCUT2D eigenvalue weighted by Crippen LogP contribution is 2.26. The van der Waals surface area contributed by atoms with E-state index in [0.717, 1.165) is 11.4 Å². The number of sulfonamides is 1. The average molecular weight is 457 g/mol. The second-order valence-electron chi connectivity index (χ2n) is 7.81. The molecule has 170 valence electrons. The van der Waals surface area contributed by atoms with Gasteiger partial charge in [0.15, 0.2) is 0 Å². The lowest BCUT2D eigenvalue weighted by molar-refractivity contribution is 0.383. The monoisotopic (exact) mass is 456 g/mol. The fraction of sp³-hybridized carbons (Fsp3) is 0.429. The zero-order valence-corrected chi connectivity index (χ0v) is 19.6. The van der Waals surface area contributed by atoms with Crippen molar-refractivity contribution in [1.82, 2.24) is 29.0 Å². The average Bonchev–Trinajstić information content (AvgIpc) is 3.08. The summed E-state index contributed by atoms with van der Waals surface area (Å²) >= 11 is 0. The molecular formula is C21H28N8O2S. The van der Waals surface area contributed by atoms with Crippen molar-refractivity contribution in [3.8, 4) is 0 Å². The molecule has 1 aliphatic rings. The summed E-state index contributed by atoms with van der Waals surface area (Å²) in [6.07, 6.45) is 3.25. The number of nitrogens with one attached hydrogen (secondary N) is 1. The molecule has 0 amide bonds. The Balaban J connectivity index is 1.46. The maximum atomic E-state index is 13.3. The molecule has 1 fully saturated rings. The topological polar surface area (TPSA) is 109 Å². The lowest BCUT2D eigenvalue weighted by Crippen LogP contribution is -2.49. The number of hydrogen-bond acceptors (Lipinski definition) is 8. The van der Waals surface area contributed by atoms with Gasteiger partial charge < -0.3 is 10.2 Å². The number of piperazine rings is 1. The van der Waals surface area contributed by atoms with Gasteiger partial charge in [-0.15, -0.1) is 0 Å². The van der Waals surface area contributed by atoms with E-state index in [-0.39, 0.29) is 0 Å². The molecule has 0 atom stereocenters. The van der Waals surface area contributed by atoms with Crippen molar-refractivity contribution in [3.63, 3.8) is 0 Å². The van der Waals surface area contributed by atoms with Gasteiger partial charge >= 0.3 is 0 Å². The molecule has 0 radical (unpaired) electrons. The molecule has 3 aromatic heterocycles. The summed E-state index contributed by atoms with van der Waals surface area (Å²) < 4.78 is 29.9. The Morgan fingerprint density at radius 1 is 1.00 bits per heavy atom. The quantitative estimate of drug-likeness (QED) is 0.602. The number of anilines is 3. The van der Waals surface area contributed by atoms with Gasteiger partial charge in [-0.2, -0.15) is 9.40 Å². The van der Waals surface area contributed by atoms with Gasteiger partial charge in [-0.3, -0.25) is 4.68 Å². The minimum absolute atomic E-state index is 0.326. The second-order valence-corrected chi connectivity index (χ2v) is 9.69. The molecule has 1 saturated heterocycles. The van der Waals surface area contributed by atoms with Crippen LogP contribution in [0.3, 0.4) is 0 Å². The Labute approximate surface area is 188 Å². The Bertz CT molecular complexity index is 1220. The van der Waals surface area contributed by atoms with Crippen molar-refractivity contribution in [2.45, 2.75) is 39.1 Å². The largest absolute Gasteiger partial charge is 0.354 e. The normalized spacial score (nSPS) is 15.2. The van der Waals surface area contributed by atoms with Crippen molar-refractivity contribution >= 4 is 27.5 Å². The fourth-order valence-electron chi connectivity index (χ4n) is 3.97. The van der Waals surface area contributed by atoms with E-state index in [4.69, 9.17) is 0 Å². The summed E-state index contributed by atoms with van der Waals surface area (Å²) in [4.78, 5) is 15.4. The first-order valence-electron chi connectivity index (χ1n) is 10.6. The summed E-state index contributed by atoms with van der Waals surface area (Å²) in [6.45, 7) is 9.99. The highest BCUT2D eigenvalue weighted by molar-refractivity contribution is 7.89. The molecule has 11 heteroatoms. The van der Waals surface area contributed by atoms with E-state index in [9.17, 15) is 8.42 Å². The van der Waals surface area contributed by atoms with Crippen LogP contribution in [0.2, 0.25) is 0 Å². The van der Waals surface area contributed by atoms with E-state index in [2.05, 4.69) is 30.3 Å². The van der Waals surface area contributed by atoms with Gasteiger partial charge in [0, 0.05) is 45.0 Å². The van der Waals surface area contributed by atoms with Crippen LogP contribution in [0.25, 0.3) is 0 Å². The Morgan fingerprint density at radius 2 is 1.72 bits per heavy atom. The third-order valence-electron chi connectivity index (χ3n) is 5.60. The summed E-state index contributed by atoms with van der Waals surface area (Å²) in [5.74, 6) is 2.10. The molecule has 0 aromatic carbocycles. The number of aromatic nitrogens is 5. The zero-order chi connectivity index (χ0) is 22.9. The van der Waals surface area contributed by atoms with Crippen LogP contribution in [0.5, 0.6) is 0 Å². The van der Waals surface area contributed by atoms with Gasteiger partial charge in [0.25, 0.3) is 0 Å². The first-order chi connectivity index (χ1) is 15.3. The smallest absolute Gasteiger partial charge is 0.246 e. The third kappa shape index (κ3) is 4.30. The lowest BCUT2D eigenvalue weighted by Gasteiger charge is -2.34. The van der Waals surface area contributed by atoms with Crippen molar-refractivity contribution in [2.75, 3.05) is 36.4 Å². The first-order valence-corrected chi connectivity index (χ1v) is 12.0. The van der Waals surface area contributed by atoms with Crippen molar-refractivity contribution in [2.24, 2.45) is 0 Å². The summed E-state index contributed by atoms with van der Waals surface area (Å²) in [6, 6.07) is 5.73. The Hall–Kier alpha value is -3.05. The maximum Gasteiger partial charge on any atom is 0.246 e. The van der Waals surface area contributed by atoms with Crippen molar-refractivity contribution in [1.29, 1.82) is 0 Å². The van der Waals surface area contributed by atoms with E-state index >= 15 is 0 Å². The maximum absolute atomic E-state index is 13.3. The molecular weight excluding hydrogens is 428 g/mol. The number of pyridine rings is 1. The minimum atomic E-state index is -3.60. The highest BCUT2D eigenvalue weighted by Gasteiger charge is 2.33. The highest BCUT2D eigenvalue weighted by atomic mass is 32.2. The van der Waals surface area contributed by atoms with Crippen LogP contribution >= 0.6 is 0 Å². The van der Waals surface area contributed by atoms with Gasteiger partial charge in [0.05, 0.1) is 11.4 Å². The van der Waals surface area contributed by atoms with Crippen LogP contribution in [-0.4, -0.2) is 63.6 Å². The van der Waals surface area contributed by atoms with Crippen LogP contribution < -0.4 is 10.2 Å². The molecule has 0 saturated carbocycles. The van der Waals surface area contributed by atoms with E-state index < -0.39 is 10.0 Å². The van der Waals surface area contributed by atoms with Crippen molar-refractivity contribution < 1.29 is 8.42 Å². The lowest BCUT2D eigenvalue weighted by atomic mass is 10.3. The van der Waals surface area contributed by atoms with E-state index in [1.165, 1.54) is 10.6 Å². The summed E-state index contributed by atoms with van der Waals surface area (Å²) in [5.41, 5.74) is 2.33. The third-order valence-corrected chi connectivity index (χ3v) is 7.75. The van der Waals surface area contributed by atoms with Crippen molar-refractivity contribution in [3.05, 3.63) is 47.7 Å². The Kier molecular flexibility index (Phi) is 6.11. The number of aryl methyl sites for hydroxylation is 3. The minimum Gasteiger partial charge on any atom is -0.354 e. The van der Waals surface area contributed by atoms with Gasteiger partial charge in [-0.25, -0.2) is 23.4 Å². The zero-order valence-electron chi connectivity index (χ0n) is 18.8. The molecule has 0 bridgehead atoms. The van der Waals surface area contributed by atoms with Gasteiger partial charge in [-0.05, 0) is 45.4 Å². The number of nitrogens with zero attached hydrogens (tertiary/aromatic N) is 7. The molecule has 4 rings (SSSR count). The molecule has 0 unspecified atom stereocenters. The van der Waals surface area contributed by atoms with Crippen LogP contribution in [0.1, 0.15) is 23.9 Å². The van der Waals surface area contributed by atoms with Crippen LogP contribution in [0.4, 0.5) is 17.5 Å². The van der Waals surface area contributed by atoms with E-state index in [1.807, 2.05) is 39.0 Å². The summed E-state index contributed by atoms with van der Waals surface area (Å²) in [7, 11) is -3.60. The predicted molar refractivity (Wildman–Crippen MR) is 123 cm³/mol. The second kappa shape index (κ2) is 8.83. The number of rotatable bonds is 6. The van der Waals surface area contributed by atoms with Gasteiger partial charge in [-0.1, -0.05) is 0 Å². The molecule has 10 nitrogen and oxygen atoms in total. The molecule has 4 heterocycles. The van der Waals surface area contributed by atoms with E-state index in [1.54, 1.807) is 17.8 Å². The fourth-order valence-corrected chi connectivity index (χ4v) is 5.77. The molecule has 0 aliphatic carbocycles. The predicted octanol–water partition coefficient (Wildman–Crippen LogP) is 2.27. The van der Waals surface area contributed by atoms with Crippen LogP contribution in [0, 0.1) is 20.8 Å². The summed E-state index contributed by atoms with van der Waals surface area (Å²) in [5, 5.41) is 7.57. The van der Waals surface area contributed by atoms with Crippen LogP contribution in [-0.2, 0) is 16.6 Å². The molecule has 3 aromatic rings. The first kappa shape index (κ1) is 22.2. The molecule has 1 aliphatic heterocycles. The Morgan fingerprint density at radius 3 is 2.38 bits per heavy atom. The number of hydrogen-bond donors (Lipinski definition) is 1. The SMILES string of the molecule is CCn1nc(C)c(S(=O)(=O)N2CCN(c3cc(Nc4cc(C)ccn4)ncn3)CC2)c1C. The van der Waals surface area contributed by atoms with Gasteiger partial charge in [0.1, 0.15) is 28.7 Å². The molecule has 1 N–H and O–H groups in total. The van der Waals surface area contributed by atoms with Gasteiger partial charge in [0.2, 0.25) is 10.0 Å². The van der Waals surface area contributed by atoms with E-state index in [0.29, 0.717) is 60.6 Å².